The van der Waals surface area contributed by atoms with E-state index in [0.29, 0.717) is 21.9 Å². The lowest BCUT2D eigenvalue weighted by atomic mass is 10.1. The first kappa shape index (κ1) is 16.9. The van der Waals surface area contributed by atoms with Crippen LogP contribution in [-0.4, -0.2) is 16.8 Å². The summed E-state index contributed by atoms with van der Waals surface area (Å²) in [4.78, 5) is 29.7. The Hall–Kier alpha value is -2.99. The molecule has 1 heterocycles. The number of hydrogen-bond acceptors (Lipinski definition) is 4. The van der Waals surface area contributed by atoms with Crippen molar-refractivity contribution in [2.45, 2.75) is 13.8 Å². The number of benzene rings is 2. The number of nitrogens with zero attached hydrogens (tertiary/aromatic N) is 1. The molecule has 2 amide bonds. The maximum absolute atomic E-state index is 12.3. The minimum atomic E-state index is -0.227. The van der Waals surface area contributed by atoms with Gasteiger partial charge in [0.15, 0.2) is 5.13 Å². The first-order chi connectivity index (χ1) is 12.0. The van der Waals surface area contributed by atoms with E-state index in [1.807, 2.05) is 32.0 Å². The molecule has 0 saturated carbocycles. The number of rotatable bonds is 4. The van der Waals surface area contributed by atoms with Gasteiger partial charge in [-0.25, -0.2) is 4.98 Å². The summed E-state index contributed by atoms with van der Waals surface area (Å²) in [5.41, 5.74) is 2.63. The Morgan fingerprint density at radius 2 is 1.44 bits per heavy atom. The highest BCUT2D eigenvalue weighted by Gasteiger charge is 2.11. The summed E-state index contributed by atoms with van der Waals surface area (Å²) in [6, 6.07) is 15.7. The van der Waals surface area contributed by atoms with Gasteiger partial charge < -0.3 is 5.32 Å². The normalized spacial score (nSPS) is 10.3. The van der Waals surface area contributed by atoms with Gasteiger partial charge in [-0.15, -0.1) is 11.3 Å². The highest BCUT2D eigenvalue weighted by molar-refractivity contribution is 7.15. The predicted octanol–water partition coefficient (Wildman–Crippen LogP) is 4.26. The number of anilines is 2. The fraction of sp³-hybridized carbons (Fsp3) is 0.105. The molecule has 0 bridgehead atoms. The van der Waals surface area contributed by atoms with Crippen LogP contribution in [0.4, 0.5) is 10.8 Å². The Bertz CT molecular complexity index is 883. The molecular weight excluding hydrogens is 334 g/mol. The van der Waals surface area contributed by atoms with Crippen LogP contribution in [0.2, 0.25) is 0 Å². The van der Waals surface area contributed by atoms with Gasteiger partial charge in [0, 0.05) is 21.7 Å². The van der Waals surface area contributed by atoms with Crippen LogP contribution in [-0.2, 0) is 0 Å². The fourth-order valence-electron chi connectivity index (χ4n) is 2.19. The van der Waals surface area contributed by atoms with Crippen molar-refractivity contribution in [3.8, 4) is 0 Å². The maximum atomic E-state index is 12.3. The highest BCUT2D eigenvalue weighted by atomic mass is 32.1. The predicted molar refractivity (Wildman–Crippen MR) is 100 cm³/mol. The van der Waals surface area contributed by atoms with Crippen LogP contribution in [0.3, 0.4) is 0 Å². The van der Waals surface area contributed by atoms with Crippen molar-refractivity contribution in [3.63, 3.8) is 0 Å². The van der Waals surface area contributed by atoms with Gasteiger partial charge >= 0.3 is 0 Å². The average Bonchev–Trinajstić information content (AvgIpc) is 2.93. The second kappa shape index (κ2) is 7.27. The van der Waals surface area contributed by atoms with Crippen molar-refractivity contribution < 1.29 is 9.59 Å². The van der Waals surface area contributed by atoms with Crippen LogP contribution in [0.5, 0.6) is 0 Å². The van der Waals surface area contributed by atoms with Crippen molar-refractivity contribution in [1.82, 2.24) is 4.98 Å². The second-order valence-corrected chi connectivity index (χ2v) is 6.72. The molecule has 2 N–H and O–H groups in total. The first-order valence-corrected chi connectivity index (χ1v) is 8.56. The molecule has 0 atom stereocenters. The largest absolute Gasteiger partial charge is 0.322 e. The van der Waals surface area contributed by atoms with E-state index in [-0.39, 0.29) is 11.8 Å². The minimum absolute atomic E-state index is 0.188. The van der Waals surface area contributed by atoms with Crippen molar-refractivity contribution in [3.05, 3.63) is 76.3 Å². The number of thiazole rings is 1. The van der Waals surface area contributed by atoms with Gasteiger partial charge in [-0.1, -0.05) is 18.2 Å². The van der Waals surface area contributed by atoms with E-state index in [9.17, 15) is 9.59 Å². The standard InChI is InChI=1S/C19H17N3O2S/c1-12-13(2)25-19(20-12)22-18(24)15-8-10-16(11-9-15)21-17(23)14-6-4-3-5-7-14/h3-11H,1-2H3,(H,21,23)(H,20,22,24). The van der Waals surface area contributed by atoms with Crippen LogP contribution >= 0.6 is 11.3 Å². The van der Waals surface area contributed by atoms with Crippen molar-refractivity contribution in [2.24, 2.45) is 0 Å². The fourth-order valence-corrected chi connectivity index (χ4v) is 3.00. The van der Waals surface area contributed by atoms with Gasteiger partial charge in [-0.3, -0.25) is 14.9 Å². The summed E-state index contributed by atoms with van der Waals surface area (Å²) in [5, 5.41) is 6.18. The molecule has 6 heteroatoms. The summed E-state index contributed by atoms with van der Waals surface area (Å²) in [7, 11) is 0. The number of aromatic nitrogens is 1. The topological polar surface area (TPSA) is 71.1 Å². The summed E-state index contributed by atoms with van der Waals surface area (Å²) in [6.45, 7) is 3.87. The number of carbonyl (C=O) groups excluding carboxylic acids is 2. The average molecular weight is 351 g/mol. The monoisotopic (exact) mass is 351 g/mol. The molecule has 126 valence electrons. The second-order valence-electron chi connectivity index (χ2n) is 5.51. The minimum Gasteiger partial charge on any atom is -0.322 e. The van der Waals surface area contributed by atoms with Gasteiger partial charge in [0.1, 0.15) is 0 Å². The molecule has 0 saturated heterocycles. The van der Waals surface area contributed by atoms with Gasteiger partial charge in [0.2, 0.25) is 0 Å². The molecule has 25 heavy (non-hydrogen) atoms. The lowest BCUT2D eigenvalue weighted by Gasteiger charge is -2.06. The lowest BCUT2D eigenvalue weighted by Crippen LogP contribution is -2.13. The third-order valence-electron chi connectivity index (χ3n) is 3.69. The zero-order valence-electron chi connectivity index (χ0n) is 13.9. The molecule has 0 aliphatic carbocycles. The summed E-state index contributed by atoms with van der Waals surface area (Å²) < 4.78 is 0. The zero-order chi connectivity index (χ0) is 17.8. The van der Waals surface area contributed by atoms with E-state index in [2.05, 4.69) is 15.6 Å². The molecule has 0 radical (unpaired) electrons. The lowest BCUT2D eigenvalue weighted by molar-refractivity contribution is 0.102. The van der Waals surface area contributed by atoms with E-state index < -0.39 is 0 Å². The number of nitrogens with one attached hydrogen (secondary N) is 2. The molecule has 2 aromatic carbocycles. The molecule has 1 aromatic heterocycles. The zero-order valence-corrected chi connectivity index (χ0v) is 14.7. The Kier molecular flexibility index (Phi) is 4.90. The summed E-state index contributed by atoms with van der Waals surface area (Å²) in [5.74, 6) is -0.416. The number of carbonyl (C=O) groups is 2. The van der Waals surface area contributed by atoms with Gasteiger partial charge in [0.25, 0.3) is 11.8 Å². The Morgan fingerprint density at radius 1 is 0.840 bits per heavy atom. The molecule has 3 rings (SSSR count). The highest BCUT2D eigenvalue weighted by Crippen LogP contribution is 2.22. The van der Waals surface area contributed by atoms with Gasteiger partial charge in [-0.05, 0) is 50.2 Å². The van der Waals surface area contributed by atoms with E-state index in [1.54, 1.807) is 36.4 Å². The van der Waals surface area contributed by atoms with E-state index >= 15 is 0 Å². The van der Waals surface area contributed by atoms with E-state index in [1.165, 1.54) is 11.3 Å². The molecule has 0 spiro atoms. The Labute approximate surface area is 149 Å². The Morgan fingerprint density at radius 3 is 2.04 bits per heavy atom. The van der Waals surface area contributed by atoms with Crippen molar-refractivity contribution in [2.75, 3.05) is 10.6 Å². The van der Waals surface area contributed by atoms with Crippen molar-refractivity contribution in [1.29, 1.82) is 0 Å². The molecule has 0 fully saturated rings. The van der Waals surface area contributed by atoms with Gasteiger partial charge in [-0.2, -0.15) is 0 Å². The SMILES string of the molecule is Cc1nc(NC(=O)c2ccc(NC(=O)c3ccccc3)cc2)sc1C. The molecule has 0 aliphatic heterocycles. The van der Waals surface area contributed by atoms with Crippen LogP contribution < -0.4 is 10.6 Å². The molecule has 0 aliphatic rings. The van der Waals surface area contributed by atoms with Crippen LogP contribution in [0, 0.1) is 13.8 Å². The molecule has 3 aromatic rings. The third-order valence-corrected chi connectivity index (χ3v) is 4.68. The number of amides is 2. The van der Waals surface area contributed by atoms with Crippen LogP contribution in [0.1, 0.15) is 31.3 Å². The smallest absolute Gasteiger partial charge is 0.257 e. The summed E-state index contributed by atoms with van der Waals surface area (Å²) >= 11 is 1.45. The Balaban J connectivity index is 1.65. The quantitative estimate of drug-likeness (QED) is 0.737. The van der Waals surface area contributed by atoms with E-state index in [4.69, 9.17) is 0 Å². The number of aryl methyl sites for hydroxylation is 2. The molecular formula is C19H17N3O2S. The van der Waals surface area contributed by atoms with E-state index in [0.717, 1.165) is 10.6 Å². The van der Waals surface area contributed by atoms with Crippen molar-refractivity contribution >= 4 is 34.0 Å². The van der Waals surface area contributed by atoms with Crippen LogP contribution in [0.25, 0.3) is 0 Å². The maximum Gasteiger partial charge on any atom is 0.257 e. The number of hydrogen-bond donors (Lipinski definition) is 2. The van der Waals surface area contributed by atoms with Gasteiger partial charge in [0.05, 0.1) is 5.69 Å². The molecule has 0 unspecified atom stereocenters. The summed E-state index contributed by atoms with van der Waals surface area (Å²) in [6.07, 6.45) is 0. The van der Waals surface area contributed by atoms with Crippen LogP contribution in [0.15, 0.2) is 54.6 Å². The third kappa shape index (κ3) is 4.10. The molecule has 5 nitrogen and oxygen atoms in total. The first-order valence-electron chi connectivity index (χ1n) is 7.75.